The number of carbonyl (C=O) groups is 1. The van der Waals surface area contributed by atoms with Crippen molar-refractivity contribution in [2.24, 2.45) is 5.92 Å². The summed E-state index contributed by atoms with van der Waals surface area (Å²) in [5.74, 6) is 0.349. The molecule has 0 spiro atoms. The third-order valence-electron chi connectivity index (χ3n) is 1.11. The van der Waals surface area contributed by atoms with E-state index in [0.717, 1.165) is 0 Å². The average molecular weight is 175 g/mol. The van der Waals surface area contributed by atoms with Crippen molar-refractivity contribution < 1.29 is 14.3 Å². The Morgan fingerprint density at radius 3 is 2.58 bits per heavy atom. The van der Waals surface area contributed by atoms with Gasteiger partial charge in [0.2, 0.25) is 0 Å². The summed E-state index contributed by atoms with van der Waals surface area (Å²) in [5, 5.41) is 2.86. The van der Waals surface area contributed by atoms with Gasteiger partial charge in [-0.2, -0.15) is 0 Å². The fourth-order valence-corrected chi connectivity index (χ4v) is 0.513. The molecule has 0 aromatic rings. The molecule has 1 N–H and O–H groups in total. The van der Waals surface area contributed by atoms with Gasteiger partial charge in [-0.3, -0.25) is 0 Å². The van der Waals surface area contributed by atoms with Gasteiger partial charge in [-0.05, 0) is 13.0 Å². The van der Waals surface area contributed by atoms with Gasteiger partial charge in [-0.15, -0.1) is 0 Å². The van der Waals surface area contributed by atoms with Gasteiger partial charge >= 0.3 is 6.16 Å². The van der Waals surface area contributed by atoms with Crippen LogP contribution in [0.25, 0.3) is 0 Å². The molecule has 0 unspecified atom stereocenters. The molecular formula is C8H17NO3. The van der Waals surface area contributed by atoms with Crippen molar-refractivity contribution in [3.05, 3.63) is 0 Å². The van der Waals surface area contributed by atoms with E-state index in [1.807, 2.05) is 13.8 Å². The fourth-order valence-electron chi connectivity index (χ4n) is 0.513. The van der Waals surface area contributed by atoms with E-state index in [2.05, 4.69) is 5.32 Å². The summed E-state index contributed by atoms with van der Waals surface area (Å²) in [6, 6.07) is 0. The van der Waals surface area contributed by atoms with Crippen molar-refractivity contribution in [2.45, 2.75) is 13.8 Å². The van der Waals surface area contributed by atoms with E-state index in [-0.39, 0.29) is 0 Å². The predicted molar refractivity (Wildman–Crippen MR) is 46.1 cm³/mol. The molecule has 0 bridgehead atoms. The lowest BCUT2D eigenvalue weighted by atomic mass is 10.2. The highest BCUT2D eigenvalue weighted by atomic mass is 16.7. The van der Waals surface area contributed by atoms with Crippen LogP contribution in [0.15, 0.2) is 0 Å². The van der Waals surface area contributed by atoms with Gasteiger partial charge in [-0.1, -0.05) is 13.8 Å². The van der Waals surface area contributed by atoms with Crippen LogP contribution in [0.4, 0.5) is 4.79 Å². The van der Waals surface area contributed by atoms with Crippen LogP contribution in [0, 0.1) is 5.92 Å². The lowest BCUT2D eigenvalue weighted by molar-refractivity contribution is 0.0485. The maximum Gasteiger partial charge on any atom is 0.508 e. The summed E-state index contributed by atoms with van der Waals surface area (Å²) < 4.78 is 9.47. The molecule has 0 heterocycles. The molecule has 0 saturated carbocycles. The number of nitrogens with one attached hydrogen (secondary N) is 1. The summed E-state index contributed by atoms with van der Waals surface area (Å²) in [5.41, 5.74) is 0. The molecule has 4 nitrogen and oxygen atoms in total. The second-order valence-electron chi connectivity index (χ2n) is 2.91. The van der Waals surface area contributed by atoms with Crippen LogP contribution < -0.4 is 5.32 Å². The zero-order chi connectivity index (χ0) is 9.40. The number of likely N-dealkylation sites (N-methyl/N-ethyl adjacent to an activating group) is 1. The van der Waals surface area contributed by atoms with Crippen molar-refractivity contribution in [3.8, 4) is 0 Å². The molecule has 0 rings (SSSR count). The maximum absolute atomic E-state index is 10.8. The van der Waals surface area contributed by atoms with Crippen LogP contribution in [0.3, 0.4) is 0 Å². The standard InChI is InChI=1S/C8H17NO3/c1-7(2)6-12-8(10)11-5-4-9-3/h7,9H,4-6H2,1-3H3. The molecule has 0 aromatic heterocycles. The van der Waals surface area contributed by atoms with Crippen LogP contribution in [0.5, 0.6) is 0 Å². The maximum atomic E-state index is 10.8. The first-order chi connectivity index (χ1) is 5.66. The van der Waals surface area contributed by atoms with Gasteiger partial charge in [0.05, 0.1) is 6.61 Å². The van der Waals surface area contributed by atoms with Gasteiger partial charge in [0, 0.05) is 6.54 Å². The van der Waals surface area contributed by atoms with Crippen molar-refractivity contribution >= 4 is 6.16 Å². The van der Waals surface area contributed by atoms with Gasteiger partial charge < -0.3 is 14.8 Å². The van der Waals surface area contributed by atoms with Gasteiger partial charge in [0.25, 0.3) is 0 Å². The Kier molecular flexibility index (Phi) is 6.47. The molecule has 0 fully saturated rings. The number of hydrogen-bond acceptors (Lipinski definition) is 4. The second-order valence-corrected chi connectivity index (χ2v) is 2.91. The molecule has 0 amide bonds. The van der Waals surface area contributed by atoms with Crippen molar-refractivity contribution in [1.29, 1.82) is 0 Å². The molecule has 4 heteroatoms. The SMILES string of the molecule is CNCCOC(=O)OCC(C)C. The average Bonchev–Trinajstić information content (AvgIpc) is 2.01. The normalized spacial score (nSPS) is 10.0. The predicted octanol–water partition coefficient (Wildman–Crippen LogP) is 1.01. The Hall–Kier alpha value is -0.770. The molecule has 0 radical (unpaired) electrons. The highest BCUT2D eigenvalue weighted by molar-refractivity contribution is 5.59. The smallest absolute Gasteiger partial charge is 0.434 e. The molecule has 72 valence electrons. The van der Waals surface area contributed by atoms with E-state index in [9.17, 15) is 4.79 Å². The van der Waals surface area contributed by atoms with Crippen molar-refractivity contribution in [2.75, 3.05) is 26.8 Å². The van der Waals surface area contributed by atoms with Crippen molar-refractivity contribution in [1.82, 2.24) is 5.32 Å². The largest absolute Gasteiger partial charge is 0.508 e. The molecule has 0 aliphatic carbocycles. The minimum Gasteiger partial charge on any atom is -0.434 e. The minimum atomic E-state index is -0.584. The first-order valence-corrected chi connectivity index (χ1v) is 4.11. The monoisotopic (exact) mass is 175 g/mol. The third kappa shape index (κ3) is 7.34. The summed E-state index contributed by atoms with van der Waals surface area (Å²) in [4.78, 5) is 10.8. The molecule has 0 aliphatic rings. The fraction of sp³-hybridized carbons (Fsp3) is 0.875. The molecule has 0 aliphatic heterocycles. The van der Waals surface area contributed by atoms with Crippen LogP contribution in [-0.4, -0.2) is 33.0 Å². The van der Waals surface area contributed by atoms with Gasteiger partial charge in [0.1, 0.15) is 6.61 Å². The Balaban J connectivity index is 3.22. The van der Waals surface area contributed by atoms with E-state index in [1.165, 1.54) is 0 Å². The second kappa shape index (κ2) is 6.91. The topological polar surface area (TPSA) is 47.6 Å². The number of rotatable bonds is 5. The summed E-state index contributed by atoms with van der Waals surface area (Å²) in [6.07, 6.45) is -0.584. The molecular weight excluding hydrogens is 158 g/mol. The van der Waals surface area contributed by atoms with Gasteiger partial charge in [0.15, 0.2) is 0 Å². The van der Waals surface area contributed by atoms with Crippen LogP contribution in [-0.2, 0) is 9.47 Å². The molecule has 0 saturated heterocycles. The van der Waals surface area contributed by atoms with Crippen LogP contribution in [0.1, 0.15) is 13.8 Å². The zero-order valence-electron chi connectivity index (χ0n) is 7.92. The number of carbonyl (C=O) groups excluding carboxylic acids is 1. The quantitative estimate of drug-likeness (QED) is 0.500. The summed E-state index contributed by atoms with van der Waals surface area (Å²) in [6.45, 7) is 5.37. The Morgan fingerprint density at radius 1 is 1.42 bits per heavy atom. The number of ether oxygens (including phenoxy) is 2. The molecule has 0 aromatic carbocycles. The van der Waals surface area contributed by atoms with E-state index in [4.69, 9.17) is 9.47 Å². The molecule has 12 heavy (non-hydrogen) atoms. The zero-order valence-corrected chi connectivity index (χ0v) is 7.92. The van der Waals surface area contributed by atoms with E-state index < -0.39 is 6.16 Å². The Morgan fingerprint density at radius 2 is 2.08 bits per heavy atom. The van der Waals surface area contributed by atoms with E-state index in [0.29, 0.717) is 25.7 Å². The minimum absolute atomic E-state index is 0.349. The van der Waals surface area contributed by atoms with Crippen molar-refractivity contribution in [3.63, 3.8) is 0 Å². The number of hydrogen-bond donors (Lipinski definition) is 1. The van der Waals surface area contributed by atoms with Crippen LogP contribution >= 0.6 is 0 Å². The lowest BCUT2D eigenvalue weighted by Gasteiger charge is -2.07. The summed E-state index contributed by atoms with van der Waals surface area (Å²) >= 11 is 0. The van der Waals surface area contributed by atoms with E-state index in [1.54, 1.807) is 7.05 Å². The Bertz CT molecular complexity index is 125. The lowest BCUT2D eigenvalue weighted by Crippen LogP contribution is -2.19. The Labute approximate surface area is 73.2 Å². The summed E-state index contributed by atoms with van der Waals surface area (Å²) in [7, 11) is 1.79. The van der Waals surface area contributed by atoms with E-state index >= 15 is 0 Å². The first kappa shape index (κ1) is 11.2. The van der Waals surface area contributed by atoms with Gasteiger partial charge in [-0.25, -0.2) is 4.79 Å². The highest BCUT2D eigenvalue weighted by Gasteiger charge is 2.03. The van der Waals surface area contributed by atoms with Crippen LogP contribution in [0.2, 0.25) is 0 Å². The molecule has 0 atom stereocenters. The highest BCUT2D eigenvalue weighted by Crippen LogP contribution is 1.94. The third-order valence-corrected chi connectivity index (χ3v) is 1.11. The first-order valence-electron chi connectivity index (χ1n) is 4.11.